The highest BCUT2D eigenvalue weighted by molar-refractivity contribution is 6.30. The number of nitrogens with zero attached hydrogens (tertiary/aromatic N) is 1. The molecule has 0 radical (unpaired) electrons. The molecule has 0 aliphatic carbocycles. The van der Waals surface area contributed by atoms with E-state index in [1.54, 1.807) is 0 Å². The predicted octanol–water partition coefficient (Wildman–Crippen LogP) is 4.78. The van der Waals surface area contributed by atoms with Crippen molar-refractivity contribution in [3.8, 4) is 0 Å². The van der Waals surface area contributed by atoms with E-state index in [4.69, 9.17) is 26.2 Å². The van der Waals surface area contributed by atoms with Gasteiger partial charge < -0.3 is 19.5 Å². The Balaban J connectivity index is 0.00000341. The lowest BCUT2D eigenvalue weighted by Crippen LogP contribution is -2.34. The Kier molecular flexibility index (Phi) is 11.1. The topological polar surface area (TPSA) is 59.0 Å². The molecule has 1 N–H and O–H groups in total. The van der Waals surface area contributed by atoms with Crippen molar-refractivity contribution in [2.24, 2.45) is 0 Å². The number of piperidine rings is 1. The average molecular weight is 466 g/mol. The average Bonchev–Trinajstić information content (AvgIpc) is 2.76. The number of rotatable bonds is 10. The fourth-order valence-corrected chi connectivity index (χ4v) is 3.79. The van der Waals surface area contributed by atoms with Crippen molar-refractivity contribution >= 4 is 35.6 Å². The quantitative estimate of drug-likeness (QED) is 0.511. The first-order valence-electron chi connectivity index (χ1n) is 10.3. The number of carboxylic acids is 1. The zero-order valence-corrected chi connectivity index (χ0v) is 19.0. The van der Waals surface area contributed by atoms with E-state index >= 15 is 0 Å². The van der Waals surface area contributed by atoms with Gasteiger partial charge in [0.25, 0.3) is 0 Å². The lowest BCUT2D eigenvalue weighted by atomic mass is 9.88. The third-order valence-corrected chi connectivity index (χ3v) is 5.41. The molecule has 0 unspecified atom stereocenters. The second-order valence-electron chi connectivity index (χ2n) is 7.25. The van der Waals surface area contributed by atoms with Gasteiger partial charge in [-0.25, -0.2) is 4.79 Å². The molecule has 7 heteroatoms. The Morgan fingerprint density at radius 3 is 2.16 bits per heavy atom. The van der Waals surface area contributed by atoms with Crippen LogP contribution in [0.2, 0.25) is 5.02 Å². The molecule has 168 valence electrons. The van der Waals surface area contributed by atoms with Gasteiger partial charge in [0.05, 0.1) is 19.8 Å². The van der Waals surface area contributed by atoms with Crippen molar-refractivity contribution in [2.75, 3.05) is 46.1 Å². The molecule has 0 atom stereocenters. The number of benzene rings is 2. The molecule has 5 nitrogen and oxygen atoms in total. The number of aliphatic carboxylic acids is 1. The largest absolute Gasteiger partial charge is 0.480 e. The van der Waals surface area contributed by atoms with Crippen molar-refractivity contribution < 1.29 is 19.4 Å². The van der Waals surface area contributed by atoms with Crippen LogP contribution in [0.25, 0.3) is 5.57 Å². The first kappa shape index (κ1) is 25.4. The third kappa shape index (κ3) is 8.28. The molecule has 0 saturated carbocycles. The number of halogens is 2. The molecule has 31 heavy (non-hydrogen) atoms. The third-order valence-electron chi connectivity index (χ3n) is 5.16. The Labute approximate surface area is 195 Å². The normalized spacial score (nSPS) is 14.2. The molecule has 0 bridgehead atoms. The van der Waals surface area contributed by atoms with E-state index in [-0.39, 0.29) is 19.0 Å². The number of carbonyl (C=O) groups is 1. The first-order chi connectivity index (χ1) is 14.6. The molecule has 0 aromatic heterocycles. The molecule has 0 amide bonds. The number of hydrogen-bond donors (Lipinski definition) is 1. The van der Waals surface area contributed by atoms with Crippen LogP contribution in [-0.2, 0) is 14.3 Å². The van der Waals surface area contributed by atoms with E-state index in [0.717, 1.165) is 37.5 Å². The summed E-state index contributed by atoms with van der Waals surface area (Å²) in [6.45, 7) is 3.94. The molecule has 0 spiro atoms. The van der Waals surface area contributed by atoms with E-state index < -0.39 is 5.97 Å². The Hall–Kier alpha value is -1.89. The summed E-state index contributed by atoms with van der Waals surface area (Å²) in [5, 5.41) is 9.27. The molecule has 1 heterocycles. The summed E-state index contributed by atoms with van der Waals surface area (Å²) in [5.41, 5.74) is 5.24. The second kappa shape index (κ2) is 13.5. The van der Waals surface area contributed by atoms with Gasteiger partial charge in [-0.05, 0) is 41.7 Å². The van der Waals surface area contributed by atoms with E-state index in [0.29, 0.717) is 19.8 Å². The van der Waals surface area contributed by atoms with Gasteiger partial charge in [-0.15, -0.1) is 12.4 Å². The van der Waals surface area contributed by atoms with E-state index in [9.17, 15) is 4.79 Å². The molecule has 1 aliphatic heterocycles. The second-order valence-corrected chi connectivity index (χ2v) is 7.69. The van der Waals surface area contributed by atoms with Gasteiger partial charge in [-0.1, -0.05) is 59.6 Å². The highest BCUT2D eigenvalue weighted by Gasteiger charge is 2.18. The van der Waals surface area contributed by atoms with Gasteiger partial charge in [0.15, 0.2) is 0 Å². The maximum atomic E-state index is 10.4. The first-order valence-corrected chi connectivity index (χ1v) is 10.6. The van der Waals surface area contributed by atoms with Crippen molar-refractivity contribution in [3.05, 3.63) is 76.3 Å². The minimum absolute atomic E-state index is 0. The molecule has 3 rings (SSSR count). The van der Waals surface area contributed by atoms with Crippen LogP contribution in [0.4, 0.5) is 0 Å². The molecule has 1 aliphatic rings. The van der Waals surface area contributed by atoms with Crippen LogP contribution in [0.3, 0.4) is 0 Å². The summed E-state index contributed by atoms with van der Waals surface area (Å²) in [4.78, 5) is 12.8. The van der Waals surface area contributed by atoms with Crippen molar-refractivity contribution in [1.82, 2.24) is 4.90 Å². The van der Waals surface area contributed by atoms with Crippen LogP contribution in [0.1, 0.15) is 24.0 Å². The Bertz CT molecular complexity index is 830. The summed E-state index contributed by atoms with van der Waals surface area (Å²) < 4.78 is 10.5. The zero-order valence-electron chi connectivity index (χ0n) is 17.5. The molecule has 2 aromatic rings. The van der Waals surface area contributed by atoms with E-state index in [1.807, 2.05) is 18.2 Å². The van der Waals surface area contributed by atoms with Gasteiger partial charge in [-0.2, -0.15) is 0 Å². The Morgan fingerprint density at radius 2 is 1.52 bits per heavy atom. The summed E-state index contributed by atoms with van der Waals surface area (Å²) in [6, 6.07) is 18.7. The molecule has 1 saturated heterocycles. The zero-order chi connectivity index (χ0) is 21.2. The van der Waals surface area contributed by atoms with E-state index in [1.165, 1.54) is 22.3 Å². The summed E-state index contributed by atoms with van der Waals surface area (Å²) >= 11 is 6.10. The highest BCUT2D eigenvalue weighted by atomic mass is 35.5. The van der Waals surface area contributed by atoms with Gasteiger partial charge in [-0.3, -0.25) is 0 Å². The maximum absolute atomic E-state index is 10.4. The minimum atomic E-state index is -0.958. The van der Waals surface area contributed by atoms with Crippen LogP contribution in [0, 0.1) is 0 Å². The summed E-state index contributed by atoms with van der Waals surface area (Å²) in [6.07, 6.45) is 2.04. The van der Waals surface area contributed by atoms with Crippen LogP contribution in [0.5, 0.6) is 0 Å². The number of carboxylic acid groups (broad SMARTS) is 1. The fraction of sp³-hybridized carbons (Fsp3) is 0.375. The Morgan fingerprint density at radius 1 is 0.903 bits per heavy atom. The van der Waals surface area contributed by atoms with Crippen molar-refractivity contribution in [1.29, 1.82) is 0 Å². The van der Waals surface area contributed by atoms with Gasteiger partial charge in [0.1, 0.15) is 6.61 Å². The van der Waals surface area contributed by atoms with Gasteiger partial charge >= 0.3 is 5.97 Å². The van der Waals surface area contributed by atoms with Crippen LogP contribution in [0.15, 0.2) is 60.2 Å². The van der Waals surface area contributed by atoms with Gasteiger partial charge in [0.2, 0.25) is 0 Å². The number of likely N-dealkylation sites (tertiary alicyclic amines) is 1. The molecule has 2 aromatic carbocycles. The van der Waals surface area contributed by atoms with E-state index in [2.05, 4.69) is 41.3 Å². The van der Waals surface area contributed by atoms with Crippen molar-refractivity contribution in [2.45, 2.75) is 12.8 Å². The highest BCUT2D eigenvalue weighted by Crippen LogP contribution is 2.32. The summed E-state index contributed by atoms with van der Waals surface area (Å²) in [5.74, 6) is -0.958. The van der Waals surface area contributed by atoms with Crippen LogP contribution < -0.4 is 0 Å². The maximum Gasteiger partial charge on any atom is 0.329 e. The SMILES string of the molecule is Cl.O=C(O)COCCOCCN1CCC(=C(c2ccccc2)c2ccc(Cl)cc2)CC1. The lowest BCUT2D eigenvalue weighted by molar-refractivity contribution is -0.142. The van der Waals surface area contributed by atoms with Crippen LogP contribution in [-0.4, -0.2) is 62.0 Å². The molecular weight excluding hydrogens is 437 g/mol. The predicted molar refractivity (Wildman–Crippen MR) is 126 cm³/mol. The monoisotopic (exact) mass is 465 g/mol. The molecule has 1 fully saturated rings. The number of hydrogen-bond acceptors (Lipinski definition) is 4. The number of ether oxygens (including phenoxy) is 2. The molecular formula is C24H29Cl2NO4. The fourth-order valence-electron chi connectivity index (χ4n) is 3.67. The summed E-state index contributed by atoms with van der Waals surface area (Å²) in [7, 11) is 0. The lowest BCUT2D eigenvalue weighted by Gasteiger charge is -2.30. The van der Waals surface area contributed by atoms with Crippen molar-refractivity contribution in [3.63, 3.8) is 0 Å². The minimum Gasteiger partial charge on any atom is -0.480 e. The smallest absolute Gasteiger partial charge is 0.329 e. The van der Waals surface area contributed by atoms with Gasteiger partial charge in [0, 0.05) is 24.7 Å². The van der Waals surface area contributed by atoms with Crippen LogP contribution >= 0.6 is 24.0 Å². The standard InChI is InChI=1S/C24H28ClNO4.ClH/c25-22-8-6-20(7-9-22)24(19-4-2-1-3-5-19)21-10-12-26(13-11-21)14-15-29-16-17-30-18-23(27)28;/h1-9H,10-18H2,(H,27,28);1H.